The van der Waals surface area contributed by atoms with Crippen LogP contribution in [-0.4, -0.2) is 34.7 Å². The molecular weight excluding hydrogens is 305 g/mol. The molecule has 10 heteroatoms. The highest BCUT2D eigenvalue weighted by molar-refractivity contribution is 6.06. The Bertz CT molecular complexity index is 649. The molecule has 0 aliphatic rings. The van der Waals surface area contributed by atoms with E-state index >= 15 is 0 Å². The average molecular weight is 316 g/mol. The number of hydrogen-bond acceptors (Lipinski definition) is 4. The first kappa shape index (κ1) is 15.6. The summed E-state index contributed by atoms with van der Waals surface area (Å²) in [6.07, 6.45) is -3.05. The van der Waals surface area contributed by atoms with Gasteiger partial charge in [-0.05, 0) is 12.1 Å². The van der Waals surface area contributed by atoms with Gasteiger partial charge in [-0.15, -0.1) is 0 Å². The first-order valence-electron chi connectivity index (χ1n) is 6.10. The number of halogens is 3. The minimum absolute atomic E-state index is 0.0182. The molecular formula is C12H11F3N4O3. The van der Waals surface area contributed by atoms with Crippen LogP contribution in [0.3, 0.4) is 0 Å². The van der Waals surface area contributed by atoms with E-state index in [9.17, 15) is 22.8 Å². The van der Waals surface area contributed by atoms with Crippen molar-refractivity contribution in [2.75, 3.05) is 11.9 Å². The molecule has 2 amide bonds. The van der Waals surface area contributed by atoms with Crippen LogP contribution in [0.15, 0.2) is 29.0 Å². The van der Waals surface area contributed by atoms with E-state index < -0.39 is 31.0 Å². The smallest absolute Gasteiger partial charge is 0.390 e. The highest BCUT2D eigenvalue weighted by Crippen LogP contribution is 2.18. The molecule has 0 bridgehead atoms. The van der Waals surface area contributed by atoms with Crippen LogP contribution >= 0.6 is 0 Å². The number of carbonyl (C=O) groups is 2. The van der Waals surface area contributed by atoms with E-state index in [0.717, 1.165) is 0 Å². The van der Waals surface area contributed by atoms with Gasteiger partial charge in [0, 0.05) is 6.54 Å². The topological polar surface area (TPSA) is 100 Å². The van der Waals surface area contributed by atoms with Crippen LogP contribution in [0.1, 0.15) is 27.5 Å². The molecule has 0 saturated heterocycles. The van der Waals surface area contributed by atoms with Crippen molar-refractivity contribution in [3.8, 4) is 0 Å². The van der Waals surface area contributed by atoms with Gasteiger partial charge in [-0.25, -0.2) is 0 Å². The van der Waals surface area contributed by atoms with Crippen LogP contribution in [0.5, 0.6) is 0 Å². The number of nitrogens with zero attached hydrogens (tertiary/aromatic N) is 1. The third-order valence-electron chi connectivity index (χ3n) is 2.55. The summed E-state index contributed by atoms with van der Waals surface area (Å²) in [7, 11) is 0. The lowest BCUT2D eigenvalue weighted by molar-refractivity contribution is -0.133. The second kappa shape index (κ2) is 6.33. The number of hydrogen-bond donors (Lipinski definition) is 3. The van der Waals surface area contributed by atoms with Gasteiger partial charge in [0.1, 0.15) is 5.69 Å². The molecule has 2 aromatic rings. The fraction of sp³-hybridized carbons (Fsp3) is 0.250. The molecule has 0 aliphatic heterocycles. The number of H-pyrrole nitrogens is 1. The molecule has 7 nitrogen and oxygen atoms in total. The van der Waals surface area contributed by atoms with Crippen molar-refractivity contribution in [2.45, 2.75) is 12.6 Å². The van der Waals surface area contributed by atoms with Crippen LogP contribution in [0, 0.1) is 0 Å². The van der Waals surface area contributed by atoms with Gasteiger partial charge in [-0.3, -0.25) is 14.7 Å². The number of anilines is 1. The maximum Gasteiger partial charge on any atom is 0.390 e. The van der Waals surface area contributed by atoms with Crippen molar-refractivity contribution >= 4 is 17.5 Å². The maximum atomic E-state index is 12.0. The number of rotatable bonds is 5. The number of amides is 2. The number of carbonyl (C=O) groups excluding carboxylic acids is 2. The molecule has 0 atom stereocenters. The fourth-order valence-electron chi connectivity index (χ4n) is 1.55. The molecule has 0 radical (unpaired) electrons. The van der Waals surface area contributed by atoms with Gasteiger partial charge in [-0.2, -0.15) is 18.3 Å². The molecule has 0 spiro atoms. The van der Waals surface area contributed by atoms with Gasteiger partial charge >= 0.3 is 6.18 Å². The van der Waals surface area contributed by atoms with Gasteiger partial charge in [0.15, 0.2) is 5.76 Å². The van der Waals surface area contributed by atoms with Crippen molar-refractivity contribution in [1.82, 2.24) is 15.5 Å². The van der Waals surface area contributed by atoms with E-state index in [2.05, 4.69) is 20.8 Å². The minimum atomic E-state index is -4.36. The van der Waals surface area contributed by atoms with Crippen molar-refractivity contribution in [1.29, 1.82) is 0 Å². The molecule has 2 aromatic heterocycles. The molecule has 0 aromatic carbocycles. The lowest BCUT2D eigenvalue weighted by Gasteiger charge is -2.08. The Morgan fingerprint density at radius 2 is 2.09 bits per heavy atom. The summed E-state index contributed by atoms with van der Waals surface area (Å²) in [6.45, 7) is -0.576. The molecule has 2 heterocycles. The first-order valence-corrected chi connectivity index (χ1v) is 6.10. The number of nitrogens with one attached hydrogen (secondary N) is 3. The quantitative estimate of drug-likeness (QED) is 0.784. The van der Waals surface area contributed by atoms with Crippen molar-refractivity contribution in [3.05, 3.63) is 36.0 Å². The Kier molecular flexibility index (Phi) is 4.49. The zero-order valence-corrected chi connectivity index (χ0v) is 11.0. The number of aromatic amines is 1. The highest BCUT2D eigenvalue weighted by atomic mass is 19.4. The monoisotopic (exact) mass is 316 g/mol. The molecule has 0 saturated carbocycles. The SMILES string of the molecule is O=C(Nc1cn[nH]c1C(=O)NCCC(F)(F)F)c1ccco1. The first-order chi connectivity index (χ1) is 10.4. The Labute approximate surface area is 121 Å². The molecule has 0 unspecified atom stereocenters. The summed E-state index contributed by atoms with van der Waals surface area (Å²) in [5.74, 6) is -1.41. The Balaban J connectivity index is 1.97. The standard InChI is InChI=1S/C12H11F3N4O3/c13-12(14,15)3-4-16-11(21)9-7(6-17-19-9)18-10(20)8-2-1-5-22-8/h1-2,5-6H,3-4H2,(H,16,21)(H,17,19)(H,18,20). The summed E-state index contributed by atoms with van der Waals surface area (Å²) in [4.78, 5) is 23.5. The molecule has 0 aliphatic carbocycles. The molecule has 3 N–H and O–H groups in total. The second-order valence-electron chi connectivity index (χ2n) is 4.21. The number of furan rings is 1. The van der Waals surface area contributed by atoms with E-state index in [1.54, 1.807) is 0 Å². The van der Waals surface area contributed by atoms with E-state index in [1.165, 1.54) is 24.6 Å². The summed E-state index contributed by atoms with van der Waals surface area (Å²) in [6, 6.07) is 2.92. The number of aromatic nitrogens is 2. The van der Waals surface area contributed by atoms with Crippen molar-refractivity contribution in [3.63, 3.8) is 0 Å². The van der Waals surface area contributed by atoms with Gasteiger partial charge in [-0.1, -0.05) is 0 Å². The van der Waals surface area contributed by atoms with Crippen LogP contribution in [-0.2, 0) is 0 Å². The Hall–Kier alpha value is -2.78. The largest absolute Gasteiger partial charge is 0.459 e. The summed E-state index contributed by atoms with van der Waals surface area (Å²) >= 11 is 0. The predicted octanol–water partition coefficient (Wildman–Crippen LogP) is 1.94. The van der Waals surface area contributed by atoms with Crippen LogP contribution in [0.25, 0.3) is 0 Å². The summed E-state index contributed by atoms with van der Waals surface area (Å²) in [5.41, 5.74) is -0.118. The van der Waals surface area contributed by atoms with Crippen LogP contribution < -0.4 is 10.6 Å². The van der Waals surface area contributed by atoms with Crippen LogP contribution in [0.4, 0.5) is 18.9 Å². The Morgan fingerprint density at radius 3 is 2.73 bits per heavy atom. The van der Waals surface area contributed by atoms with E-state index in [4.69, 9.17) is 4.42 Å². The molecule has 22 heavy (non-hydrogen) atoms. The third-order valence-corrected chi connectivity index (χ3v) is 2.55. The van der Waals surface area contributed by atoms with Crippen molar-refractivity contribution in [2.24, 2.45) is 0 Å². The lowest BCUT2D eigenvalue weighted by atomic mass is 10.3. The molecule has 0 fully saturated rings. The van der Waals surface area contributed by atoms with Crippen molar-refractivity contribution < 1.29 is 27.2 Å². The molecule has 2 rings (SSSR count). The summed E-state index contributed by atoms with van der Waals surface area (Å²) in [5, 5.41) is 10.4. The minimum Gasteiger partial charge on any atom is -0.459 e. The Morgan fingerprint density at radius 1 is 1.32 bits per heavy atom. The van der Waals surface area contributed by atoms with Gasteiger partial charge in [0.05, 0.1) is 24.6 Å². The second-order valence-corrected chi connectivity index (χ2v) is 4.21. The zero-order valence-electron chi connectivity index (χ0n) is 11.0. The lowest BCUT2D eigenvalue weighted by Crippen LogP contribution is -2.29. The normalized spacial score (nSPS) is 11.2. The highest BCUT2D eigenvalue weighted by Gasteiger charge is 2.27. The number of alkyl halides is 3. The molecule has 118 valence electrons. The van der Waals surface area contributed by atoms with Gasteiger partial charge in [0.25, 0.3) is 11.8 Å². The van der Waals surface area contributed by atoms with Crippen LogP contribution in [0.2, 0.25) is 0 Å². The van der Waals surface area contributed by atoms with E-state index in [-0.39, 0.29) is 17.1 Å². The average Bonchev–Trinajstić information content (AvgIpc) is 3.07. The fourth-order valence-corrected chi connectivity index (χ4v) is 1.55. The van der Waals surface area contributed by atoms with E-state index in [0.29, 0.717) is 0 Å². The maximum absolute atomic E-state index is 12.0. The van der Waals surface area contributed by atoms with E-state index in [1.807, 2.05) is 0 Å². The van der Waals surface area contributed by atoms with Gasteiger partial charge < -0.3 is 15.1 Å². The summed E-state index contributed by atoms with van der Waals surface area (Å²) < 4.78 is 40.9. The van der Waals surface area contributed by atoms with Gasteiger partial charge in [0.2, 0.25) is 0 Å². The predicted molar refractivity (Wildman–Crippen MR) is 68.3 cm³/mol. The third kappa shape index (κ3) is 4.11. The zero-order chi connectivity index (χ0) is 16.2.